The van der Waals surface area contributed by atoms with Crippen molar-refractivity contribution in [3.05, 3.63) is 83.8 Å². The zero-order chi connectivity index (χ0) is 18.1. The summed E-state index contributed by atoms with van der Waals surface area (Å²) in [6.45, 7) is 10.0. The minimum absolute atomic E-state index is 0.737. The first kappa shape index (κ1) is 16.4. The Morgan fingerprint density at radius 3 is 2.23 bits per heavy atom. The fraction of sp³-hybridized carbons (Fsp3) is 0.0435. The number of fused-ring (bicyclic) bond motifs is 1. The van der Waals surface area contributed by atoms with Crippen LogP contribution >= 0.6 is 11.3 Å². The van der Waals surface area contributed by atoms with Gasteiger partial charge in [0.15, 0.2) is 5.82 Å². The number of aryl methyl sites for hydroxylation is 1. The Morgan fingerprint density at radius 2 is 1.58 bits per heavy atom. The third-order valence-electron chi connectivity index (χ3n) is 4.36. The van der Waals surface area contributed by atoms with Gasteiger partial charge in [-0.2, -0.15) is 0 Å². The smallest absolute Gasteiger partial charge is 0.161 e. The Labute approximate surface area is 157 Å². The molecule has 0 fully saturated rings. The summed E-state index contributed by atoms with van der Waals surface area (Å²) in [5, 5.41) is 1.04. The molecule has 0 N–H and O–H groups in total. The zero-order valence-corrected chi connectivity index (χ0v) is 15.4. The van der Waals surface area contributed by atoms with E-state index in [9.17, 15) is 0 Å². The van der Waals surface area contributed by atoms with Gasteiger partial charge in [0, 0.05) is 27.0 Å². The van der Waals surface area contributed by atoms with Crippen molar-refractivity contribution in [3.63, 3.8) is 0 Å². The van der Waals surface area contributed by atoms with Crippen LogP contribution in [-0.4, -0.2) is 9.97 Å². The van der Waals surface area contributed by atoms with E-state index in [1.165, 1.54) is 5.56 Å². The van der Waals surface area contributed by atoms with Crippen LogP contribution in [0.15, 0.2) is 67.8 Å². The summed E-state index contributed by atoms with van der Waals surface area (Å²) in [7, 11) is 0. The summed E-state index contributed by atoms with van der Waals surface area (Å²) < 4.78 is 0. The first-order valence-corrected chi connectivity index (χ1v) is 9.25. The SMILES string of the molecule is C=Cc1sc2nc(-c3ccccc3)nc(-c3ccc(C)cc3)c2c1C=C. The summed E-state index contributed by atoms with van der Waals surface area (Å²) in [5.41, 5.74) is 5.31. The molecule has 0 atom stereocenters. The van der Waals surface area contributed by atoms with Gasteiger partial charge in [0.2, 0.25) is 0 Å². The number of thiophene rings is 1. The van der Waals surface area contributed by atoms with E-state index in [0.29, 0.717) is 0 Å². The molecule has 0 aliphatic carbocycles. The van der Waals surface area contributed by atoms with Crippen LogP contribution in [0.1, 0.15) is 16.0 Å². The average molecular weight is 354 g/mol. The molecule has 4 aromatic rings. The topological polar surface area (TPSA) is 25.8 Å². The fourth-order valence-corrected chi connectivity index (χ4v) is 4.06. The molecule has 0 saturated heterocycles. The predicted molar refractivity (Wildman–Crippen MR) is 113 cm³/mol. The second-order valence-corrected chi connectivity index (χ2v) is 7.13. The van der Waals surface area contributed by atoms with Crippen molar-refractivity contribution in [1.82, 2.24) is 9.97 Å². The number of nitrogens with zero attached hydrogens (tertiary/aromatic N) is 2. The van der Waals surface area contributed by atoms with E-state index in [0.717, 1.165) is 43.3 Å². The molecule has 0 unspecified atom stereocenters. The number of benzene rings is 2. The predicted octanol–water partition coefficient (Wildman–Crippen LogP) is 6.62. The lowest BCUT2D eigenvalue weighted by Gasteiger charge is -2.08. The Kier molecular flexibility index (Phi) is 4.23. The molecule has 0 bridgehead atoms. The Bertz CT molecular complexity index is 1110. The van der Waals surface area contributed by atoms with Gasteiger partial charge in [0.1, 0.15) is 4.83 Å². The van der Waals surface area contributed by atoms with E-state index in [1.54, 1.807) is 11.3 Å². The molecule has 2 heterocycles. The van der Waals surface area contributed by atoms with E-state index in [2.05, 4.69) is 44.3 Å². The molecule has 0 radical (unpaired) electrons. The Balaban J connectivity index is 2.08. The number of aromatic nitrogens is 2. The molecule has 126 valence electrons. The van der Waals surface area contributed by atoms with Crippen molar-refractivity contribution in [2.45, 2.75) is 6.92 Å². The lowest BCUT2D eigenvalue weighted by atomic mass is 10.0. The maximum absolute atomic E-state index is 4.94. The summed E-state index contributed by atoms with van der Waals surface area (Å²) in [5.74, 6) is 0.737. The van der Waals surface area contributed by atoms with Crippen LogP contribution in [0.25, 0.3) is 45.0 Å². The van der Waals surface area contributed by atoms with Crippen molar-refractivity contribution in [2.24, 2.45) is 0 Å². The summed E-state index contributed by atoms with van der Waals surface area (Å²) >= 11 is 1.63. The first-order chi connectivity index (χ1) is 12.7. The lowest BCUT2D eigenvalue weighted by Crippen LogP contribution is -1.94. The maximum atomic E-state index is 4.94. The molecule has 0 aliphatic rings. The number of hydrogen-bond acceptors (Lipinski definition) is 3. The minimum atomic E-state index is 0.737. The van der Waals surface area contributed by atoms with Crippen LogP contribution < -0.4 is 0 Å². The van der Waals surface area contributed by atoms with Gasteiger partial charge in [-0.25, -0.2) is 9.97 Å². The third-order valence-corrected chi connectivity index (χ3v) is 5.46. The van der Waals surface area contributed by atoms with Gasteiger partial charge in [-0.15, -0.1) is 11.3 Å². The lowest BCUT2D eigenvalue weighted by molar-refractivity contribution is 1.24. The molecule has 0 saturated carbocycles. The molecule has 0 aliphatic heterocycles. The van der Waals surface area contributed by atoms with E-state index < -0.39 is 0 Å². The van der Waals surface area contributed by atoms with Gasteiger partial charge in [-0.3, -0.25) is 0 Å². The summed E-state index contributed by atoms with van der Waals surface area (Å²) in [6, 6.07) is 18.5. The molecule has 3 heteroatoms. The first-order valence-electron chi connectivity index (χ1n) is 8.43. The largest absolute Gasteiger partial charge is 0.227 e. The molecule has 26 heavy (non-hydrogen) atoms. The van der Waals surface area contributed by atoms with E-state index in [1.807, 2.05) is 42.5 Å². The van der Waals surface area contributed by atoms with E-state index in [-0.39, 0.29) is 0 Å². The van der Waals surface area contributed by atoms with Crippen LogP contribution in [-0.2, 0) is 0 Å². The van der Waals surface area contributed by atoms with Crippen molar-refractivity contribution < 1.29 is 0 Å². The molecule has 0 spiro atoms. The van der Waals surface area contributed by atoms with Crippen molar-refractivity contribution in [2.75, 3.05) is 0 Å². The molecule has 2 nitrogen and oxygen atoms in total. The van der Waals surface area contributed by atoms with Gasteiger partial charge in [-0.1, -0.05) is 85.5 Å². The number of hydrogen-bond donors (Lipinski definition) is 0. The highest BCUT2D eigenvalue weighted by Gasteiger charge is 2.18. The van der Waals surface area contributed by atoms with Gasteiger partial charge < -0.3 is 0 Å². The van der Waals surface area contributed by atoms with Crippen LogP contribution in [0.5, 0.6) is 0 Å². The molecular formula is C23H18N2S. The maximum Gasteiger partial charge on any atom is 0.161 e. The second kappa shape index (κ2) is 6.70. The van der Waals surface area contributed by atoms with Gasteiger partial charge >= 0.3 is 0 Å². The molecule has 0 amide bonds. The van der Waals surface area contributed by atoms with Crippen molar-refractivity contribution in [1.29, 1.82) is 0 Å². The minimum Gasteiger partial charge on any atom is -0.227 e. The monoisotopic (exact) mass is 354 g/mol. The van der Waals surface area contributed by atoms with Crippen LogP contribution in [0.2, 0.25) is 0 Å². The van der Waals surface area contributed by atoms with E-state index >= 15 is 0 Å². The molecule has 2 aromatic heterocycles. The highest BCUT2D eigenvalue weighted by Crippen LogP contribution is 2.38. The van der Waals surface area contributed by atoms with Crippen LogP contribution in [0, 0.1) is 6.92 Å². The second-order valence-electron chi connectivity index (χ2n) is 6.10. The van der Waals surface area contributed by atoms with Gasteiger partial charge in [0.25, 0.3) is 0 Å². The van der Waals surface area contributed by atoms with Gasteiger partial charge in [0.05, 0.1) is 5.69 Å². The Morgan fingerprint density at radius 1 is 0.846 bits per heavy atom. The highest BCUT2D eigenvalue weighted by molar-refractivity contribution is 7.19. The summed E-state index contributed by atoms with van der Waals surface area (Å²) in [6.07, 6.45) is 3.74. The molecular weight excluding hydrogens is 336 g/mol. The van der Waals surface area contributed by atoms with Crippen LogP contribution in [0.4, 0.5) is 0 Å². The molecule has 2 aromatic carbocycles. The van der Waals surface area contributed by atoms with Crippen molar-refractivity contribution in [3.8, 4) is 22.6 Å². The number of rotatable bonds is 4. The highest BCUT2D eigenvalue weighted by atomic mass is 32.1. The average Bonchev–Trinajstić information content (AvgIpc) is 3.06. The normalized spacial score (nSPS) is 10.8. The summed E-state index contributed by atoms with van der Waals surface area (Å²) in [4.78, 5) is 11.8. The quantitative estimate of drug-likeness (QED) is 0.411. The Hall–Kier alpha value is -3.04. The van der Waals surface area contributed by atoms with E-state index in [4.69, 9.17) is 9.97 Å². The van der Waals surface area contributed by atoms with Crippen LogP contribution in [0.3, 0.4) is 0 Å². The van der Waals surface area contributed by atoms with Gasteiger partial charge in [-0.05, 0) is 6.92 Å². The molecule has 4 rings (SSSR count). The standard InChI is InChI=1S/C23H18N2S/c1-4-18-19(5-2)26-23-20(18)21(16-13-11-15(3)12-14-16)24-22(25-23)17-9-7-6-8-10-17/h4-14H,1-2H2,3H3. The zero-order valence-electron chi connectivity index (χ0n) is 14.6. The fourth-order valence-electron chi connectivity index (χ4n) is 3.03. The third kappa shape index (κ3) is 2.76. The van der Waals surface area contributed by atoms with Crippen molar-refractivity contribution >= 4 is 33.7 Å².